The molecule has 88 valence electrons. The quantitative estimate of drug-likeness (QED) is 0.667. The molecule has 0 aromatic rings. The molecule has 1 heteroatoms. The number of allylic oxidation sites excluding steroid dienone is 8. The fraction of sp³-hybridized carbons (Fsp3) is 0.500. The molecule has 0 N–H and O–H groups in total. The van der Waals surface area contributed by atoms with Crippen LogP contribution in [0.4, 0.5) is 0 Å². The molecular weight excluding hydrogens is 280 g/mol. The first-order valence-corrected chi connectivity index (χ1v) is 10.2. The second kappa shape index (κ2) is 5.21. The molecule has 0 amide bonds. The molecule has 0 radical (unpaired) electrons. The summed E-state index contributed by atoms with van der Waals surface area (Å²) in [5.41, 5.74) is 0. The van der Waals surface area contributed by atoms with Gasteiger partial charge >= 0.3 is 130 Å². The third kappa shape index (κ3) is 2.58. The molecule has 0 fully saturated rings. The maximum atomic E-state index is 2.48. The second-order valence-electron chi connectivity index (χ2n) is 6.15. The minimum absolute atomic E-state index is 0.449. The van der Waals surface area contributed by atoms with Gasteiger partial charge in [-0.2, -0.15) is 0 Å². The van der Waals surface area contributed by atoms with Crippen LogP contribution in [0.5, 0.6) is 0 Å². The van der Waals surface area contributed by atoms with Crippen molar-refractivity contribution >= 4 is 41.0 Å². The van der Waals surface area contributed by atoms with E-state index in [0.717, 1.165) is 11.8 Å². The van der Waals surface area contributed by atoms with Crippen molar-refractivity contribution in [2.75, 3.05) is 0 Å². The zero-order valence-corrected chi connectivity index (χ0v) is 15.0. The fourth-order valence-corrected chi connectivity index (χ4v) is 10.1. The SMILES string of the molecule is CC(C)[C]1([Sr][C]2(C(C)C)C=CC=C2)C=CC=C1. The topological polar surface area (TPSA) is 0 Å². The minimum atomic E-state index is -1.05. The van der Waals surface area contributed by atoms with Crippen LogP contribution in [0.1, 0.15) is 27.7 Å². The summed E-state index contributed by atoms with van der Waals surface area (Å²) in [5, 5.41) is 0. The molecule has 0 aliphatic heterocycles. The zero-order valence-electron chi connectivity index (χ0n) is 11.5. The van der Waals surface area contributed by atoms with E-state index in [1.54, 1.807) is 0 Å². The fourth-order valence-electron chi connectivity index (χ4n) is 2.99. The molecule has 17 heavy (non-hydrogen) atoms. The molecule has 0 aromatic heterocycles. The van der Waals surface area contributed by atoms with Gasteiger partial charge < -0.3 is 0 Å². The van der Waals surface area contributed by atoms with Gasteiger partial charge in [-0.25, -0.2) is 0 Å². The summed E-state index contributed by atoms with van der Waals surface area (Å²) >= 11 is -1.05. The molecular formula is C16H22Sr. The molecule has 0 saturated heterocycles. The second-order valence-corrected chi connectivity index (χ2v) is 13.0. The first-order chi connectivity index (χ1) is 8.01. The van der Waals surface area contributed by atoms with E-state index in [-0.39, 0.29) is 0 Å². The van der Waals surface area contributed by atoms with Crippen molar-refractivity contribution in [2.45, 2.75) is 28.5 Å². The summed E-state index contributed by atoms with van der Waals surface area (Å²) in [6, 6.07) is 0. The van der Waals surface area contributed by atoms with Crippen molar-refractivity contribution in [3.63, 3.8) is 0 Å². The third-order valence-electron chi connectivity index (χ3n) is 4.61. The standard InChI is InChI=1S/2C8H11.Sr/c2*1-7(2)8-5-3-4-6-8;/h2*3-7H,1-2H3;. The summed E-state index contributed by atoms with van der Waals surface area (Å²) < 4.78 is 0.899. The Bertz CT molecular complexity index is 332. The van der Waals surface area contributed by atoms with Gasteiger partial charge in [0.25, 0.3) is 0 Å². The van der Waals surface area contributed by atoms with Crippen molar-refractivity contribution in [3.8, 4) is 0 Å². The molecule has 0 bridgehead atoms. The molecule has 0 unspecified atom stereocenters. The molecule has 2 rings (SSSR count). The summed E-state index contributed by atoms with van der Waals surface area (Å²) in [5.74, 6) is 1.48. The number of rotatable bonds is 4. The predicted octanol–water partition coefficient (Wildman–Crippen LogP) is 4.57. The summed E-state index contributed by atoms with van der Waals surface area (Å²) in [6.45, 7) is 9.53. The van der Waals surface area contributed by atoms with E-state index >= 15 is 0 Å². The molecule has 0 aromatic carbocycles. The Hall–Kier alpha value is 0.441. The van der Waals surface area contributed by atoms with Gasteiger partial charge in [0.15, 0.2) is 0 Å². The van der Waals surface area contributed by atoms with E-state index in [9.17, 15) is 0 Å². The monoisotopic (exact) mass is 302 g/mol. The summed E-state index contributed by atoms with van der Waals surface area (Å²) in [7, 11) is 0. The first-order valence-electron chi connectivity index (χ1n) is 6.75. The van der Waals surface area contributed by atoms with E-state index in [1.165, 1.54) is 0 Å². The van der Waals surface area contributed by atoms with Crippen LogP contribution in [0.2, 0.25) is 0.772 Å². The van der Waals surface area contributed by atoms with Crippen molar-refractivity contribution in [1.29, 1.82) is 0 Å². The average molecular weight is 302 g/mol. The van der Waals surface area contributed by atoms with Crippen LogP contribution in [-0.2, 0) is 0 Å². The van der Waals surface area contributed by atoms with Crippen LogP contribution >= 0.6 is 0 Å². The Morgan fingerprint density at radius 3 is 1.18 bits per heavy atom. The van der Waals surface area contributed by atoms with Crippen molar-refractivity contribution < 1.29 is 0 Å². The Balaban J connectivity index is 2.30. The van der Waals surface area contributed by atoms with Crippen LogP contribution in [0.3, 0.4) is 0 Å². The van der Waals surface area contributed by atoms with E-state index in [4.69, 9.17) is 0 Å². The maximum absolute atomic E-state index is 2.48. The third-order valence-corrected chi connectivity index (χ3v) is 14.0. The average Bonchev–Trinajstić information content (AvgIpc) is 2.88. The summed E-state index contributed by atoms with van der Waals surface area (Å²) in [4.78, 5) is 0. The van der Waals surface area contributed by atoms with Gasteiger partial charge in [0.1, 0.15) is 0 Å². The number of hydrogen-bond donors (Lipinski definition) is 0. The van der Waals surface area contributed by atoms with Crippen LogP contribution in [0, 0.1) is 11.8 Å². The van der Waals surface area contributed by atoms with Gasteiger partial charge in [0.2, 0.25) is 0 Å². The Morgan fingerprint density at radius 1 is 0.647 bits per heavy atom. The molecule has 0 spiro atoms. The molecule has 0 nitrogen and oxygen atoms in total. The van der Waals surface area contributed by atoms with Crippen molar-refractivity contribution in [1.82, 2.24) is 0 Å². The van der Waals surface area contributed by atoms with Crippen molar-refractivity contribution in [2.24, 2.45) is 11.8 Å². The molecule has 2 aliphatic carbocycles. The van der Waals surface area contributed by atoms with E-state index in [0.29, 0.717) is 0.772 Å². The van der Waals surface area contributed by atoms with Crippen LogP contribution in [-0.4, -0.2) is 41.0 Å². The normalized spacial score (nSPS) is 22.9. The van der Waals surface area contributed by atoms with E-state index in [2.05, 4.69) is 76.3 Å². The Kier molecular flexibility index (Phi) is 4.24. The predicted molar refractivity (Wildman–Crippen MR) is 77.4 cm³/mol. The van der Waals surface area contributed by atoms with Crippen molar-refractivity contribution in [3.05, 3.63) is 48.6 Å². The van der Waals surface area contributed by atoms with Crippen LogP contribution in [0.25, 0.3) is 0 Å². The van der Waals surface area contributed by atoms with E-state index < -0.39 is 41.0 Å². The summed E-state index contributed by atoms with van der Waals surface area (Å²) in [6.07, 6.45) is 19.0. The molecule has 0 atom stereocenters. The molecule has 2 aliphatic rings. The van der Waals surface area contributed by atoms with Gasteiger partial charge in [0.05, 0.1) is 0 Å². The van der Waals surface area contributed by atoms with Gasteiger partial charge in [-0.3, -0.25) is 0 Å². The van der Waals surface area contributed by atoms with Gasteiger partial charge in [0, 0.05) is 0 Å². The molecule has 0 heterocycles. The van der Waals surface area contributed by atoms with Gasteiger partial charge in [-0.1, -0.05) is 0 Å². The Labute approximate surface area is 128 Å². The number of hydrogen-bond acceptors (Lipinski definition) is 0. The van der Waals surface area contributed by atoms with E-state index in [1.807, 2.05) is 0 Å². The first kappa shape index (κ1) is 13.9. The van der Waals surface area contributed by atoms with Gasteiger partial charge in [-0.05, 0) is 0 Å². The van der Waals surface area contributed by atoms with Crippen LogP contribution in [0.15, 0.2) is 48.6 Å². The van der Waals surface area contributed by atoms with Crippen LogP contribution < -0.4 is 0 Å². The zero-order chi connectivity index (χ0) is 12.5. The molecule has 0 saturated carbocycles. The Morgan fingerprint density at radius 2 is 0.941 bits per heavy atom. The van der Waals surface area contributed by atoms with Gasteiger partial charge in [-0.15, -0.1) is 0 Å².